The van der Waals surface area contributed by atoms with Gasteiger partial charge in [-0.25, -0.2) is 0 Å². The first kappa shape index (κ1) is 28.3. The van der Waals surface area contributed by atoms with Crippen molar-refractivity contribution in [2.24, 2.45) is 5.73 Å². The second kappa shape index (κ2) is 13.4. The molecular weight excluding hydrogens is 504 g/mol. The van der Waals surface area contributed by atoms with E-state index in [-0.39, 0.29) is 56.6 Å². The number of fused-ring (bicyclic) bond motifs is 5. The smallest absolute Gasteiger partial charge is 0.239 e. The molecule has 2 aromatic rings. The van der Waals surface area contributed by atoms with Crippen LogP contribution in [0, 0.1) is 0 Å². The molecule has 39 heavy (non-hydrogen) atoms. The number of aryl methyl sites for hydroxylation is 1. The summed E-state index contributed by atoms with van der Waals surface area (Å²) < 4.78 is 23.1. The Bertz CT molecular complexity index is 1170. The predicted octanol–water partition coefficient (Wildman–Crippen LogP) is 1.08. The summed E-state index contributed by atoms with van der Waals surface area (Å²) in [5.74, 6) is 0.803. The lowest BCUT2D eigenvalue weighted by atomic mass is 10.1. The van der Waals surface area contributed by atoms with Crippen LogP contribution in [0.25, 0.3) is 0 Å². The molecule has 3 amide bonds. The minimum absolute atomic E-state index is 0.0638. The third-order valence-corrected chi connectivity index (χ3v) is 6.77. The Labute approximate surface area is 228 Å². The number of nitrogens with one attached hydrogen (secondary N) is 1. The Morgan fingerprint density at radius 3 is 2.72 bits per heavy atom. The van der Waals surface area contributed by atoms with E-state index in [1.165, 1.54) is 4.90 Å². The molecule has 11 nitrogen and oxygen atoms in total. The Hall–Kier alpha value is -3.67. The van der Waals surface area contributed by atoms with Crippen molar-refractivity contribution in [3.8, 4) is 17.2 Å². The van der Waals surface area contributed by atoms with Crippen LogP contribution >= 0.6 is 0 Å². The van der Waals surface area contributed by atoms with Crippen LogP contribution in [0.2, 0.25) is 0 Å². The van der Waals surface area contributed by atoms with Crippen molar-refractivity contribution in [2.75, 3.05) is 53.6 Å². The van der Waals surface area contributed by atoms with Crippen LogP contribution in [0.5, 0.6) is 17.2 Å². The van der Waals surface area contributed by atoms with E-state index in [9.17, 15) is 14.4 Å². The molecule has 4 bridgehead atoms. The fourth-order valence-electron chi connectivity index (χ4n) is 4.82. The van der Waals surface area contributed by atoms with Crippen molar-refractivity contribution >= 4 is 17.7 Å². The number of rotatable bonds is 6. The molecule has 1 fully saturated rings. The van der Waals surface area contributed by atoms with Gasteiger partial charge >= 0.3 is 0 Å². The normalized spacial score (nSPS) is 20.8. The molecule has 1 saturated heterocycles. The number of hydrogen-bond donors (Lipinski definition) is 2. The van der Waals surface area contributed by atoms with Crippen LogP contribution in [-0.4, -0.2) is 93.2 Å². The summed E-state index contributed by atoms with van der Waals surface area (Å²) in [5, 5.41) is 3.01. The standard InChI is InChI=1S/C28H36N4O7/c1-36-11-10-32-17-27(34)30-22-14-31(16-26(29)33)15-25(22)38-18-20-4-3-5-21(12-20)39-24-13-19(7-9-28(32)35)6-8-23(24)37-2/h3-6,8,12-13,22,25H,7,9-11,14-18H2,1-2H3,(H2,29,33)(H,30,34)/t22-,25-/m0/s1. The number of nitrogens with zero attached hydrogens (tertiary/aromatic N) is 2. The van der Waals surface area contributed by atoms with Crippen LogP contribution in [-0.2, 0) is 36.9 Å². The van der Waals surface area contributed by atoms with Gasteiger partial charge in [0, 0.05) is 33.2 Å². The molecule has 3 N–H and O–H groups in total. The van der Waals surface area contributed by atoms with Crippen LogP contribution < -0.4 is 20.5 Å². The number of ether oxygens (including phenoxy) is 4. The maximum atomic E-state index is 13.1. The minimum atomic E-state index is -0.452. The highest BCUT2D eigenvalue weighted by molar-refractivity contribution is 5.85. The molecule has 0 aliphatic carbocycles. The van der Waals surface area contributed by atoms with Crippen LogP contribution in [0.15, 0.2) is 42.5 Å². The van der Waals surface area contributed by atoms with E-state index < -0.39 is 5.91 Å². The lowest BCUT2D eigenvalue weighted by Gasteiger charge is -2.25. The second-order valence-electron chi connectivity index (χ2n) is 9.73. The van der Waals surface area contributed by atoms with Crippen LogP contribution in [0.4, 0.5) is 0 Å². The maximum absolute atomic E-state index is 13.1. The summed E-state index contributed by atoms with van der Waals surface area (Å²) in [4.78, 5) is 41.1. The zero-order chi connectivity index (χ0) is 27.8. The van der Waals surface area contributed by atoms with E-state index in [4.69, 9.17) is 24.7 Å². The SMILES string of the molecule is COCCN1CC(=O)N[C@H]2CN(CC(N)=O)C[C@@H]2OCc2cccc(c2)Oc2cc(ccc2OC)CCC1=O. The molecule has 2 aromatic carbocycles. The van der Waals surface area contributed by atoms with Gasteiger partial charge in [-0.15, -0.1) is 0 Å². The third kappa shape index (κ3) is 7.92. The summed E-state index contributed by atoms with van der Waals surface area (Å²) in [6, 6.07) is 12.7. The van der Waals surface area contributed by atoms with Crippen molar-refractivity contribution < 1.29 is 33.3 Å². The summed E-state index contributed by atoms with van der Waals surface area (Å²) in [7, 11) is 3.13. The summed E-state index contributed by atoms with van der Waals surface area (Å²) >= 11 is 0. The number of benzene rings is 2. The topological polar surface area (TPSA) is 133 Å². The molecule has 2 heterocycles. The van der Waals surface area contributed by atoms with E-state index in [0.29, 0.717) is 43.4 Å². The van der Waals surface area contributed by atoms with Crippen molar-refractivity contribution in [1.82, 2.24) is 15.1 Å². The number of nitrogens with two attached hydrogens (primary N) is 1. The summed E-state index contributed by atoms with van der Waals surface area (Å²) in [5.41, 5.74) is 7.20. The first-order valence-electron chi connectivity index (χ1n) is 13.0. The first-order chi connectivity index (χ1) is 18.8. The molecule has 0 radical (unpaired) electrons. The number of primary amides is 1. The average molecular weight is 541 g/mol. The molecule has 4 rings (SSSR count). The van der Waals surface area contributed by atoms with Crippen molar-refractivity contribution in [3.63, 3.8) is 0 Å². The molecule has 0 aromatic heterocycles. The monoisotopic (exact) mass is 540 g/mol. The Kier molecular flexibility index (Phi) is 9.74. The number of carbonyl (C=O) groups excluding carboxylic acids is 3. The number of carbonyl (C=O) groups is 3. The zero-order valence-corrected chi connectivity index (χ0v) is 22.4. The van der Waals surface area contributed by atoms with Crippen molar-refractivity contribution in [1.29, 1.82) is 0 Å². The lowest BCUT2D eigenvalue weighted by Crippen LogP contribution is -2.49. The van der Waals surface area contributed by atoms with E-state index in [2.05, 4.69) is 5.32 Å². The quantitative estimate of drug-likeness (QED) is 0.556. The molecule has 0 saturated carbocycles. The molecule has 210 valence electrons. The molecule has 2 atom stereocenters. The lowest BCUT2D eigenvalue weighted by molar-refractivity contribution is -0.137. The van der Waals surface area contributed by atoms with E-state index in [1.807, 2.05) is 47.4 Å². The van der Waals surface area contributed by atoms with Gasteiger partial charge in [0.15, 0.2) is 11.5 Å². The van der Waals surface area contributed by atoms with E-state index in [1.54, 1.807) is 14.2 Å². The van der Waals surface area contributed by atoms with Gasteiger partial charge in [0.1, 0.15) is 5.75 Å². The average Bonchev–Trinajstić information content (AvgIpc) is 3.28. The van der Waals surface area contributed by atoms with Gasteiger partial charge in [0.05, 0.1) is 45.6 Å². The molecule has 2 aliphatic heterocycles. The number of hydrogen-bond acceptors (Lipinski definition) is 8. The third-order valence-electron chi connectivity index (χ3n) is 6.77. The maximum Gasteiger partial charge on any atom is 0.239 e. The van der Waals surface area contributed by atoms with Gasteiger partial charge in [-0.2, -0.15) is 0 Å². The summed E-state index contributed by atoms with van der Waals surface area (Å²) in [6.07, 6.45) is 0.293. The van der Waals surface area contributed by atoms with Gasteiger partial charge in [-0.1, -0.05) is 18.2 Å². The Morgan fingerprint density at radius 1 is 1.10 bits per heavy atom. The molecular formula is C28H36N4O7. The Morgan fingerprint density at radius 2 is 1.95 bits per heavy atom. The largest absolute Gasteiger partial charge is 0.493 e. The van der Waals surface area contributed by atoms with Gasteiger partial charge in [-0.3, -0.25) is 19.3 Å². The van der Waals surface area contributed by atoms with Crippen LogP contribution in [0.1, 0.15) is 17.5 Å². The minimum Gasteiger partial charge on any atom is -0.493 e. The van der Waals surface area contributed by atoms with E-state index >= 15 is 0 Å². The molecule has 11 heteroatoms. The van der Waals surface area contributed by atoms with Gasteiger partial charge < -0.3 is 34.9 Å². The van der Waals surface area contributed by atoms with Gasteiger partial charge in [0.25, 0.3) is 0 Å². The highest BCUT2D eigenvalue weighted by Gasteiger charge is 2.35. The predicted molar refractivity (Wildman–Crippen MR) is 142 cm³/mol. The first-order valence-corrected chi connectivity index (χ1v) is 13.0. The van der Waals surface area contributed by atoms with Crippen molar-refractivity contribution in [2.45, 2.75) is 31.6 Å². The zero-order valence-electron chi connectivity index (χ0n) is 22.4. The number of methoxy groups -OCH3 is 2. The Balaban J connectivity index is 1.62. The van der Waals surface area contributed by atoms with Gasteiger partial charge in [-0.05, 0) is 41.8 Å². The molecule has 0 unspecified atom stereocenters. The number of likely N-dealkylation sites (tertiary alicyclic amines) is 1. The molecule has 2 aliphatic rings. The highest BCUT2D eigenvalue weighted by Crippen LogP contribution is 2.33. The second-order valence-corrected chi connectivity index (χ2v) is 9.73. The summed E-state index contributed by atoms with van der Waals surface area (Å²) in [6.45, 7) is 1.65. The fourth-order valence-corrected chi connectivity index (χ4v) is 4.82. The van der Waals surface area contributed by atoms with Crippen LogP contribution in [0.3, 0.4) is 0 Å². The highest BCUT2D eigenvalue weighted by atomic mass is 16.5. The number of amides is 3. The molecule has 0 spiro atoms. The van der Waals surface area contributed by atoms with Crippen molar-refractivity contribution in [3.05, 3.63) is 53.6 Å². The fraction of sp³-hybridized carbons (Fsp3) is 0.464. The van der Waals surface area contributed by atoms with E-state index in [0.717, 1.165) is 11.1 Å². The van der Waals surface area contributed by atoms with Gasteiger partial charge in [0.2, 0.25) is 17.7 Å².